The van der Waals surface area contributed by atoms with E-state index in [1.54, 1.807) is 6.20 Å². The van der Waals surface area contributed by atoms with Crippen molar-refractivity contribution in [2.24, 2.45) is 5.92 Å². The van der Waals surface area contributed by atoms with Gasteiger partial charge in [0.15, 0.2) is 0 Å². The zero-order chi connectivity index (χ0) is 15.3. The largest absolute Gasteiger partial charge is 0.496 e. The van der Waals surface area contributed by atoms with Crippen LogP contribution in [0.25, 0.3) is 0 Å². The number of aromatic nitrogens is 1. The highest BCUT2D eigenvalue weighted by atomic mass is 35.5. The molecule has 0 bridgehead atoms. The number of pyridine rings is 1. The summed E-state index contributed by atoms with van der Waals surface area (Å²) in [6.07, 6.45) is 4.20. The number of halogens is 1. The topological polar surface area (TPSA) is 40.6 Å². The van der Waals surface area contributed by atoms with Crippen molar-refractivity contribution >= 4 is 24.2 Å². The van der Waals surface area contributed by atoms with E-state index >= 15 is 0 Å². The van der Waals surface area contributed by atoms with Gasteiger partial charge in [0.25, 0.3) is 0 Å². The number of nitrogens with zero attached hydrogens (tertiary/aromatic N) is 1. The fraction of sp³-hybridized carbons (Fsp3) is 0.667. The monoisotopic (exact) mass is 309 g/mol. The van der Waals surface area contributed by atoms with E-state index in [-0.39, 0.29) is 11.2 Å². The third kappa shape index (κ3) is 3.05. The summed E-state index contributed by atoms with van der Waals surface area (Å²) >= 11 is 6.26. The van der Waals surface area contributed by atoms with Crippen LogP contribution in [0.3, 0.4) is 0 Å². The fourth-order valence-electron chi connectivity index (χ4n) is 2.14. The smallest absolute Gasteiger partial charge is 0.476 e. The molecule has 0 radical (unpaired) electrons. The summed E-state index contributed by atoms with van der Waals surface area (Å²) < 4.78 is 17.6. The highest BCUT2D eigenvalue weighted by Crippen LogP contribution is 2.37. The summed E-state index contributed by atoms with van der Waals surface area (Å²) in [6, 6.07) is 1.82. The van der Waals surface area contributed by atoms with Crippen LogP contribution in [0, 0.1) is 5.92 Å². The van der Waals surface area contributed by atoms with Crippen LogP contribution in [0.5, 0.6) is 5.88 Å². The Morgan fingerprint density at radius 1 is 1.29 bits per heavy atom. The van der Waals surface area contributed by atoms with Gasteiger partial charge < -0.3 is 14.0 Å². The summed E-state index contributed by atoms with van der Waals surface area (Å²) in [5.41, 5.74) is 0.0775. The Morgan fingerprint density at radius 3 is 2.43 bits per heavy atom. The second-order valence-electron chi connectivity index (χ2n) is 6.90. The average Bonchev–Trinajstić information content (AvgIpc) is 3.16. The molecule has 1 aliphatic carbocycles. The van der Waals surface area contributed by atoms with Crippen LogP contribution >= 0.6 is 11.6 Å². The molecule has 1 aromatic heterocycles. The number of ether oxygens (including phenoxy) is 1. The maximum Gasteiger partial charge on any atom is 0.496 e. The van der Waals surface area contributed by atoms with Crippen molar-refractivity contribution in [3.8, 4) is 5.88 Å². The molecule has 4 nitrogen and oxygen atoms in total. The standard InChI is InChI=1S/C15H21BClNO3/c1-14(2)15(3,4)21-16(20-14)11-7-12(17)13(18-8-11)19-9-10-5-6-10/h7-8,10H,5-6,9H2,1-4H3. The van der Waals surface area contributed by atoms with Crippen LogP contribution in [0.1, 0.15) is 40.5 Å². The predicted molar refractivity (Wildman–Crippen MR) is 83.2 cm³/mol. The minimum Gasteiger partial charge on any atom is -0.476 e. The summed E-state index contributed by atoms with van der Waals surface area (Å²) in [6.45, 7) is 8.79. The zero-order valence-electron chi connectivity index (χ0n) is 13.0. The minimum absolute atomic E-state index is 0.370. The molecule has 0 unspecified atom stereocenters. The second kappa shape index (κ2) is 5.15. The third-order valence-corrected chi connectivity index (χ3v) is 4.78. The summed E-state index contributed by atoms with van der Waals surface area (Å²) in [7, 11) is -0.447. The first-order valence-corrected chi connectivity index (χ1v) is 7.80. The Bertz CT molecular complexity index is 530. The van der Waals surface area contributed by atoms with Gasteiger partial charge in [-0.15, -0.1) is 0 Å². The zero-order valence-corrected chi connectivity index (χ0v) is 13.7. The summed E-state index contributed by atoms with van der Waals surface area (Å²) in [4.78, 5) is 4.30. The van der Waals surface area contributed by atoms with Gasteiger partial charge in [0, 0.05) is 11.7 Å². The molecule has 0 N–H and O–H groups in total. The first kappa shape index (κ1) is 15.1. The summed E-state index contributed by atoms with van der Waals surface area (Å²) in [5, 5.41) is 0.503. The van der Waals surface area contributed by atoms with Crippen LogP contribution in [0.2, 0.25) is 5.02 Å². The lowest BCUT2D eigenvalue weighted by Crippen LogP contribution is -2.41. The van der Waals surface area contributed by atoms with Crippen LogP contribution in [-0.4, -0.2) is 29.9 Å². The molecular formula is C15H21BClNO3. The van der Waals surface area contributed by atoms with E-state index in [0.29, 0.717) is 23.4 Å². The Kier molecular flexibility index (Phi) is 3.71. The van der Waals surface area contributed by atoms with Gasteiger partial charge in [0.2, 0.25) is 5.88 Å². The van der Waals surface area contributed by atoms with E-state index in [0.717, 1.165) is 5.46 Å². The van der Waals surface area contributed by atoms with Gasteiger partial charge in [-0.05, 0) is 52.5 Å². The molecule has 2 heterocycles. The maximum absolute atomic E-state index is 6.26. The molecule has 1 aromatic rings. The lowest BCUT2D eigenvalue weighted by Gasteiger charge is -2.32. The molecule has 2 aliphatic rings. The lowest BCUT2D eigenvalue weighted by atomic mass is 9.80. The molecule has 1 aliphatic heterocycles. The van der Waals surface area contributed by atoms with Gasteiger partial charge in [-0.25, -0.2) is 4.98 Å². The fourth-order valence-corrected chi connectivity index (χ4v) is 2.37. The Labute approximate surface area is 131 Å². The van der Waals surface area contributed by atoms with E-state index in [9.17, 15) is 0 Å². The highest BCUT2D eigenvalue weighted by molar-refractivity contribution is 6.62. The molecule has 0 atom stereocenters. The number of rotatable bonds is 4. The molecule has 21 heavy (non-hydrogen) atoms. The first-order valence-electron chi connectivity index (χ1n) is 7.42. The molecule has 1 saturated heterocycles. The van der Waals surface area contributed by atoms with Gasteiger partial charge in [-0.1, -0.05) is 11.6 Å². The molecule has 0 aromatic carbocycles. The summed E-state index contributed by atoms with van der Waals surface area (Å²) in [5.74, 6) is 1.16. The maximum atomic E-state index is 6.26. The predicted octanol–water partition coefficient (Wildman–Crippen LogP) is 2.82. The van der Waals surface area contributed by atoms with Gasteiger partial charge in [0.05, 0.1) is 17.8 Å². The molecular weight excluding hydrogens is 288 g/mol. The first-order chi connectivity index (χ1) is 9.78. The van der Waals surface area contributed by atoms with Gasteiger partial charge >= 0.3 is 7.12 Å². The van der Waals surface area contributed by atoms with Gasteiger partial charge in [0.1, 0.15) is 5.02 Å². The Morgan fingerprint density at radius 2 is 1.90 bits per heavy atom. The normalized spacial score (nSPS) is 23.4. The molecule has 114 valence electrons. The molecule has 0 spiro atoms. The van der Waals surface area contributed by atoms with Crippen molar-refractivity contribution in [3.63, 3.8) is 0 Å². The van der Waals surface area contributed by atoms with Crippen molar-refractivity contribution < 1.29 is 14.0 Å². The second-order valence-corrected chi connectivity index (χ2v) is 7.31. The highest BCUT2D eigenvalue weighted by Gasteiger charge is 2.51. The third-order valence-electron chi connectivity index (χ3n) is 4.51. The van der Waals surface area contributed by atoms with Crippen molar-refractivity contribution in [3.05, 3.63) is 17.3 Å². The van der Waals surface area contributed by atoms with Crippen molar-refractivity contribution in [1.29, 1.82) is 0 Å². The minimum atomic E-state index is -0.447. The molecule has 6 heteroatoms. The van der Waals surface area contributed by atoms with Crippen molar-refractivity contribution in [2.45, 2.75) is 51.7 Å². The van der Waals surface area contributed by atoms with E-state index in [4.69, 9.17) is 25.6 Å². The Hall–Kier alpha value is -0.775. The van der Waals surface area contributed by atoms with Crippen LogP contribution in [0.4, 0.5) is 0 Å². The van der Waals surface area contributed by atoms with E-state index < -0.39 is 7.12 Å². The van der Waals surface area contributed by atoms with Crippen LogP contribution < -0.4 is 10.2 Å². The molecule has 2 fully saturated rings. The molecule has 3 rings (SSSR count). The van der Waals surface area contributed by atoms with E-state index in [1.165, 1.54) is 12.8 Å². The molecule has 1 saturated carbocycles. The van der Waals surface area contributed by atoms with Crippen molar-refractivity contribution in [2.75, 3.05) is 6.61 Å². The average molecular weight is 310 g/mol. The number of hydrogen-bond acceptors (Lipinski definition) is 4. The lowest BCUT2D eigenvalue weighted by molar-refractivity contribution is 0.00578. The van der Waals surface area contributed by atoms with E-state index in [2.05, 4.69) is 4.98 Å². The van der Waals surface area contributed by atoms with Crippen LogP contribution in [-0.2, 0) is 9.31 Å². The van der Waals surface area contributed by atoms with Crippen LogP contribution in [0.15, 0.2) is 12.3 Å². The Balaban J connectivity index is 1.73. The number of hydrogen-bond donors (Lipinski definition) is 0. The SMILES string of the molecule is CC1(C)OB(c2cnc(OCC3CC3)c(Cl)c2)OC1(C)C. The van der Waals surface area contributed by atoms with Crippen molar-refractivity contribution in [1.82, 2.24) is 4.98 Å². The molecule has 0 amide bonds. The quantitative estimate of drug-likeness (QED) is 0.802. The van der Waals surface area contributed by atoms with E-state index in [1.807, 2.05) is 33.8 Å². The van der Waals surface area contributed by atoms with Gasteiger partial charge in [-0.3, -0.25) is 0 Å². The van der Waals surface area contributed by atoms with Gasteiger partial charge in [-0.2, -0.15) is 0 Å².